The fourth-order valence-electron chi connectivity index (χ4n) is 2.39. The van der Waals surface area contributed by atoms with E-state index in [0.717, 1.165) is 33.7 Å². The van der Waals surface area contributed by atoms with Gasteiger partial charge in [0, 0.05) is 12.3 Å². The first kappa shape index (κ1) is 22.2. The minimum atomic E-state index is -3.81. The number of para-hydroxylation sites is 1. The molecule has 0 bridgehead atoms. The van der Waals surface area contributed by atoms with Crippen LogP contribution in [0.2, 0.25) is 0 Å². The molecular formula is C19H22F2N2O3S2. The van der Waals surface area contributed by atoms with Crippen LogP contribution in [0.3, 0.4) is 0 Å². The molecule has 0 fully saturated rings. The Labute approximate surface area is 168 Å². The van der Waals surface area contributed by atoms with Crippen LogP contribution in [0.5, 0.6) is 0 Å². The number of hydrogen-bond donors (Lipinski definition) is 1. The topological polar surface area (TPSA) is 66.5 Å². The lowest BCUT2D eigenvalue weighted by Gasteiger charge is -2.22. The smallest absolute Gasteiger partial charge is 0.240 e. The van der Waals surface area contributed by atoms with Crippen molar-refractivity contribution in [2.75, 3.05) is 29.4 Å². The standard InChI is InChI=1S/C19H22F2N2O3S2/c1-28(25,26)23(18-6-3-2-5-17(18)21)13-19(24)22-11-4-12-27-14-15-7-9-16(20)10-8-15/h2-3,5-10H,4,11-14H2,1H3,(H,22,24). The third-order valence-electron chi connectivity index (χ3n) is 3.78. The van der Waals surface area contributed by atoms with Crippen LogP contribution in [0.25, 0.3) is 0 Å². The summed E-state index contributed by atoms with van der Waals surface area (Å²) in [6, 6.07) is 11.7. The maximum atomic E-state index is 13.9. The summed E-state index contributed by atoms with van der Waals surface area (Å²) in [6.07, 6.45) is 1.62. The van der Waals surface area contributed by atoms with Crippen LogP contribution in [0, 0.1) is 11.6 Å². The Bertz CT molecular complexity index is 890. The summed E-state index contributed by atoms with van der Waals surface area (Å²) >= 11 is 1.65. The first-order chi connectivity index (χ1) is 13.3. The molecule has 2 aromatic rings. The molecular weight excluding hydrogens is 406 g/mol. The molecule has 5 nitrogen and oxygen atoms in total. The van der Waals surface area contributed by atoms with E-state index in [-0.39, 0.29) is 11.5 Å². The predicted octanol–water partition coefficient (Wildman–Crippen LogP) is 3.17. The monoisotopic (exact) mass is 428 g/mol. The summed E-state index contributed by atoms with van der Waals surface area (Å²) in [5.74, 6) is 0.0366. The molecule has 0 aromatic heterocycles. The first-order valence-corrected chi connectivity index (χ1v) is 11.6. The second kappa shape index (κ2) is 10.4. The van der Waals surface area contributed by atoms with Gasteiger partial charge >= 0.3 is 0 Å². The first-order valence-electron chi connectivity index (χ1n) is 8.58. The number of rotatable bonds is 10. The largest absolute Gasteiger partial charge is 0.354 e. The van der Waals surface area contributed by atoms with Gasteiger partial charge in [0.2, 0.25) is 15.9 Å². The Hall–Kier alpha value is -2.13. The van der Waals surface area contributed by atoms with E-state index in [1.807, 2.05) is 0 Å². The SMILES string of the molecule is CS(=O)(=O)N(CC(=O)NCCCSCc1ccc(F)cc1)c1ccccc1F. The van der Waals surface area contributed by atoms with Crippen molar-refractivity contribution < 1.29 is 22.0 Å². The summed E-state index contributed by atoms with van der Waals surface area (Å²) in [6.45, 7) is -0.105. The third-order valence-corrected chi connectivity index (χ3v) is 6.02. The Balaban J connectivity index is 1.76. The van der Waals surface area contributed by atoms with Crippen LogP contribution >= 0.6 is 11.8 Å². The van der Waals surface area contributed by atoms with E-state index in [0.29, 0.717) is 13.0 Å². The lowest BCUT2D eigenvalue weighted by Crippen LogP contribution is -2.41. The van der Waals surface area contributed by atoms with Gasteiger partial charge in [-0.3, -0.25) is 9.10 Å². The van der Waals surface area contributed by atoms with Gasteiger partial charge in [0.1, 0.15) is 18.2 Å². The van der Waals surface area contributed by atoms with Crippen molar-refractivity contribution in [1.82, 2.24) is 5.32 Å². The van der Waals surface area contributed by atoms with Crippen molar-refractivity contribution in [1.29, 1.82) is 0 Å². The number of benzene rings is 2. The van der Waals surface area contributed by atoms with Gasteiger partial charge in [-0.25, -0.2) is 17.2 Å². The molecule has 0 heterocycles. The van der Waals surface area contributed by atoms with Gasteiger partial charge in [-0.05, 0) is 42.0 Å². The van der Waals surface area contributed by atoms with Gasteiger partial charge < -0.3 is 5.32 Å². The predicted molar refractivity (Wildman–Crippen MR) is 109 cm³/mol. The Morgan fingerprint density at radius 1 is 1.11 bits per heavy atom. The highest BCUT2D eigenvalue weighted by Crippen LogP contribution is 2.21. The number of nitrogens with one attached hydrogen (secondary N) is 1. The van der Waals surface area contributed by atoms with Crippen molar-refractivity contribution in [3.05, 3.63) is 65.7 Å². The number of amides is 1. The molecule has 28 heavy (non-hydrogen) atoms. The Kier molecular flexibility index (Phi) is 8.25. The zero-order valence-corrected chi connectivity index (χ0v) is 17.0. The zero-order chi connectivity index (χ0) is 20.6. The van der Waals surface area contributed by atoms with Crippen LogP contribution in [0.1, 0.15) is 12.0 Å². The Morgan fingerprint density at radius 3 is 2.43 bits per heavy atom. The number of anilines is 1. The van der Waals surface area contributed by atoms with E-state index in [1.165, 1.54) is 30.3 Å². The lowest BCUT2D eigenvalue weighted by molar-refractivity contribution is -0.119. The molecule has 1 N–H and O–H groups in total. The van der Waals surface area contributed by atoms with Crippen molar-refractivity contribution >= 4 is 33.4 Å². The highest BCUT2D eigenvalue weighted by Gasteiger charge is 2.23. The minimum absolute atomic E-state index is 0.157. The maximum absolute atomic E-state index is 13.9. The molecule has 0 radical (unpaired) electrons. The van der Waals surface area contributed by atoms with Gasteiger partial charge in [-0.1, -0.05) is 24.3 Å². The highest BCUT2D eigenvalue weighted by atomic mass is 32.2. The van der Waals surface area contributed by atoms with Crippen LogP contribution < -0.4 is 9.62 Å². The normalized spacial score (nSPS) is 11.2. The third kappa shape index (κ3) is 7.12. The molecule has 0 unspecified atom stereocenters. The maximum Gasteiger partial charge on any atom is 0.240 e. The fraction of sp³-hybridized carbons (Fsp3) is 0.316. The number of hydrogen-bond acceptors (Lipinski definition) is 4. The average molecular weight is 429 g/mol. The second-order valence-corrected chi connectivity index (χ2v) is 9.12. The number of sulfonamides is 1. The molecule has 0 saturated carbocycles. The fourth-order valence-corrected chi connectivity index (χ4v) is 4.17. The van der Waals surface area contributed by atoms with Crippen molar-refractivity contribution in [2.45, 2.75) is 12.2 Å². The zero-order valence-electron chi connectivity index (χ0n) is 15.4. The van der Waals surface area contributed by atoms with Gasteiger partial charge in [-0.2, -0.15) is 11.8 Å². The number of carbonyl (C=O) groups is 1. The van der Waals surface area contributed by atoms with Gasteiger partial charge in [0.25, 0.3) is 0 Å². The van der Waals surface area contributed by atoms with Crippen LogP contribution in [0.15, 0.2) is 48.5 Å². The molecule has 0 aliphatic rings. The lowest BCUT2D eigenvalue weighted by atomic mass is 10.2. The average Bonchev–Trinajstić information content (AvgIpc) is 2.64. The highest BCUT2D eigenvalue weighted by molar-refractivity contribution is 7.98. The quantitative estimate of drug-likeness (QED) is 0.591. The van der Waals surface area contributed by atoms with Crippen molar-refractivity contribution in [2.24, 2.45) is 0 Å². The van der Waals surface area contributed by atoms with E-state index >= 15 is 0 Å². The molecule has 1 amide bonds. The molecule has 0 aliphatic carbocycles. The molecule has 0 spiro atoms. The summed E-state index contributed by atoms with van der Waals surface area (Å²) in [7, 11) is -3.81. The van der Waals surface area contributed by atoms with E-state index in [4.69, 9.17) is 0 Å². The molecule has 0 saturated heterocycles. The minimum Gasteiger partial charge on any atom is -0.354 e. The van der Waals surface area contributed by atoms with E-state index in [1.54, 1.807) is 23.9 Å². The molecule has 152 valence electrons. The summed E-state index contributed by atoms with van der Waals surface area (Å²) in [5.41, 5.74) is 0.860. The van der Waals surface area contributed by atoms with Crippen LogP contribution in [0.4, 0.5) is 14.5 Å². The van der Waals surface area contributed by atoms with Crippen LogP contribution in [-0.4, -0.2) is 39.4 Å². The summed E-state index contributed by atoms with van der Waals surface area (Å²) in [5, 5.41) is 2.65. The number of carbonyl (C=O) groups excluding carboxylic acids is 1. The summed E-state index contributed by atoms with van der Waals surface area (Å²) < 4.78 is 51.4. The van der Waals surface area contributed by atoms with Crippen molar-refractivity contribution in [3.8, 4) is 0 Å². The second-order valence-electron chi connectivity index (χ2n) is 6.10. The van der Waals surface area contributed by atoms with E-state index < -0.39 is 28.3 Å². The summed E-state index contributed by atoms with van der Waals surface area (Å²) in [4.78, 5) is 12.1. The molecule has 0 atom stereocenters. The molecule has 2 aromatic carbocycles. The molecule has 0 aliphatic heterocycles. The van der Waals surface area contributed by atoms with Crippen molar-refractivity contribution in [3.63, 3.8) is 0 Å². The van der Waals surface area contributed by atoms with E-state index in [9.17, 15) is 22.0 Å². The Morgan fingerprint density at radius 2 is 1.79 bits per heavy atom. The number of halogens is 2. The number of thioether (sulfide) groups is 1. The van der Waals surface area contributed by atoms with Gasteiger partial charge in [0.15, 0.2) is 0 Å². The van der Waals surface area contributed by atoms with Crippen LogP contribution in [-0.2, 0) is 20.6 Å². The number of nitrogens with zero attached hydrogens (tertiary/aromatic N) is 1. The molecule has 9 heteroatoms. The van der Waals surface area contributed by atoms with Gasteiger partial charge in [0.05, 0.1) is 11.9 Å². The van der Waals surface area contributed by atoms with E-state index in [2.05, 4.69) is 5.32 Å². The molecule has 2 rings (SSSR count). The van der Waals surface area contributed by atoms with Gasteiger partial charge in [-0.15, -0.1) is 0 Å².